The summed E-state index contributed by atoms with van der Waals surface area (Å²) < 4.78 is 0.399. The molecule has 0 spiro atoms. The molecule has 5 nitrogen and oxygen atoms in total. The van der Waals surface area contributed by atoms with E-state index in [1.165, 1.54) is 4.90 Å². The molecule has 1 saturated heterocycles. The fourth-order valence-corrected chi connectivity index (χ4v) is 2.49. The summed E-state index contributed by atoms with van der Waals surface area (Å²) in [4.78, 5) is 28.3. The molecule has 1 N–H and O–H groups in total. The van der Waals surface area contributed by atoms with Crippen molar-refractivity contribution in [3.8, 4) is 0 Å². The van der Waals surface area contributed by atoms with Gasteiger partial charge in [0.15, 0.2) is 5.69 Å². The Labute approximate surface area is 118 Å². The quantitative estimate of drug-likeness (QED) is 0.829. The Morgan fingerprint density at radius 1 is 1.61 bits per heavy atom. The van der Waals surface area contributed by atoms with Gasteiger partial charge in [0.1, 0.15) is 5.82 Å². The second-order valence-corrected chi connectivity index (χ2v) is 5.28. The molecular weight excluding hydrogens is 320 g/mol. The number of carbonyl (C=O) groups is 2. The Bertz CT molecular complexity index is 509. The van der Waals surface area contributed by atoms with Crippen LogP contribution in [0, 0.1) is 5.92 Å². The number of nitrogens with zero attached hydrogens (tertiary/aromatic N) is 2. The summed E-state index contributed by atoms with van der Waals surface area (Å²) in [5.41, 5.74) is -0.0883. The zero-order valence-corrected chi connectivity index (χ0v) is 11.8. The zero-order valence-electron chi connectivity index (χ0n) is 9.34. The van der Waals surface area contributed by atoms with Crippen molar-refractivity contribution in [1.29, 1.82) is 0 Å². The molecule has 1 aromatic heterocycles. The number of aromatic nitrogens is 1. The number of halogens is 1. The van der Waals surface area contributed by atoms with Crippen LogP contribution in [-0.2, 0) is 4.79 Å². The Hall–Kier alpha value is -1.08. The summed E-state index contributed by atoms with van der Waals surface area (Å²) in [6, 6.07) is 3.22. The first-order valence-electron chi connectivity index (χ1n) is 5.34. The molecule has 18 heavy (non-hydrogen) atoms. The van der Waals surface area contributed by atoms with Crippen LogP contribution >= 0.6 is 28.6 Å². The molecule has 96 valence electrons. The molecule has 0 radical (unpaired) electrons. The largest absolute Gasteiger partial charge is 0.476 e. The molecule has 1 aromatic rings. The Balaban J connectivity index is 2.32. The van der Waals surface area contributed by atoms with E-state index in [0.717, 1.165) is 0 Å². The maximum atomic E-state index is 11.8. The molecule has 1 unspecified atom stereocenters. The van der Waals surface area contributed by atoms with Crippen molar-refractivity contribution in [2.45, 2.75) is 6.42 Å². The minimum atomic E-state index is -1.12. The molecule has 1 aliphatic rings. The van der Waals surface area contributed by atoms with Crippen molar-refractivity contribution < 1.29 is 14.7 Å². The van der Waals surface area contributed by atoms with Crippen molar-refractivity contribution in [1.82, 2.24) is 4.98 Å². The highest BCUT2D eigenvalue weighted by Gasteiger charge is 2.31. The predicted octanol–water partition coefficient (Wildman–Crippen LogP) is 1.82. The Morgan fingerprint density at radius 3 is 2.89 bits per heavy atom. The summed E-state index contributed by atoms with van der Waals surface area (Å²) in [6.45, 7) is 0.538. The molecule has 7 heteroatoms. The third-order valence-electron chi connectivity index (χ3n) is 2.77. The summed E-state index contributed by atoms with van der Waals surface area (Å²) in [5.74, 6) is 0.0376. The summed E-state index contributed by atoms with van der Waals surface area (Å²) in [5, 5.41) is 8.99. The van der Waals surface area contributed by atoms with E-state index in [0.29, 0.717) is 29.0 Å². The lowest BCUT2D eigenvalue weighted by atomic mass is 10.1. The topological polar surface area (TPSA) is 70.5 Å². The van der Waals surface area contributed by atoms with Gasteiger partial charge in [-0.2, -0.15) is 12.6 Å². The molecule has 1 aliphatic heterocycles. The molecule has 1 amide bonds. The van der Waals surface area contributed by atoms with Crippen LogP contribution in [0.4, 0.5) is 5.82 Å². The maximum Gasteiger partial charge on any atom is 0.355 e. The number of amides is 1. The fourth-order valence-electron chi connectivity index (χ4n) is 1.86. The van der Waals surface area contributed by atoms with E-state index in [1.54, 1.807) is 12.1 Å². The first-order valence-corrected chi connectivity index (χ1v) is 6.76. The molecule has 2 heterocycles. The summed E-state index contributed by atoms with van der Waals surface area (Å²) in [7, 11) is 0. The molecule has 1 atom stereocenters. The SMILES string of the molecule is O=C(O)c1nc(N2CC(CS)CC2=O)ccc1Br. The van der Waals surface area contributed by atoms with Gasteiger partial charge in [-0.3, -0.25) is 9.69 Å². The van der Waals surface area contributed by atoms with Crippen molar-refractivity contribution in [2.24, 2.45) is 5.92 Å². The lowest BCUT2D eigenvalue weighted by molar-refractivity contribution is -0.117. The number of carboxylic acids is 1. The molecule has 0 bridgehead atoms. The highest BCUT2D eigenvalue weighted by atomic mass is 79.9. The van der Waals surface area contributed by atoms with Crippen LogP contribution in [0.5, 0.6) is 0 Å². The van der Waals surface area contributed by atoms with Crippen LogP contribution in [0.1, 0.15) is 16.9 Å². The smallest absolute Gasteiger partial charge is 0.355 e. The van der Waals surface area contributed by atoms with Crippen molar-refractivity contribution >= 4 is 46.3 Å². The standard InChI is InChI=1S/C11H11BrN2O3S/c12-7-1-2-8(13-10(7)11(16)17)14-4-6(5-18)3-9(14)15/h1-2,6,18H,3-5H2,(H,16,17). The van der Waals surface area contributed by atoms with Crippen LogP contribution in [0.3, 0.4) is 0 Å². The van der Waals surface area contributed by atoms with Crippen molar-refractivity contribution in [3.63, 3.8) is 0 Å². The minimum Gasteiger partial charge on any atom is -0.476 e. The van der Waals surface area contributed by atoms with E-state index >= 15 is 0 Å². The third-order valence-corrected chi connectivity index (χ3v) is 3.93. The van der Waals surface area contributed by atoms with E-state index < -0.39 is 5.97 Å². The number of carbonyl (C=O) groups excluding carboxylic acids is 1. The number of hydrogen-bond acceptors (Lipinski definition) is 4. The van der Waals surface area contributed by atoms with Crippen LogP contribution in [0.25, 0.3) is 0 Å². The van der Waals surface area contributed by atoms with Crippen LogP contribution < -0.4 is 4.90 Å². The minimum absolute atomic E-state index is 0.0415. The van der Waals surface area contributed by atoms with Gasteiger partial charge in [0.05, 0.1) is 4.47 Å². The lowest BCUT2D eigenvalue weighted by Gasteiger charge is -2.16. The second-order valence-electron chi connectivity index (χ2n) is 4.06. The van der Waals surface area contributed by atoms with Gasteiger partial charge in [0.25, 0.3) is 0 Å². The first kappa shape index (κ1) is 13.4. The van der Waals surface area contributed by atoms with Crippen LogP contribution in [-0.4, -0.2) is 34.3 Å². The monoisotopic (exact) mass is 330 g/mol. The number of rotatable bonds is 3. The van der Waals surface area contributed by atoms with E-state index in [4.69, 9.17) is 5.11 Å². The van der Waals surface area contributed by atoms with Gasteiger partial charge < -0.3 is 5.11 Å². The molecule has 2 rings (SSSR count). The van der Waals surface area contributed by atoms with Crippen molar-refractivity contribution in [2.75, 3.05) is 17.2 Å². The summed E-state index contributed by atoms with van der Waals surface area (Å²) >= 11 is 7.30. The molecule has 0 aromatic carbocycles. The number of hydrogen-bond donors (Lipinski definition) is 2. The van der Waals surface area contributed by atoms with Gasteiger partial charge in [0, 0.05) is 13.0 Å². The number of anilines is 1. The normalized spacial score (nSPS) is 19.3. The Kier molecular flexibility index (Phi) is 3.91. The van der Waals surface area contributed by atoms with Crippen LogP contribution in [0.15, 0.2) is 16.6 Å². The average molecular weight is 331 g/mol. The van der Waals surface area contributed by atoms with E-state index in [2.05, 4.69) is 33.5 Å². The van der Waals surface area contributed by atoms with E-state index in [1.807, 2.05) is 0 Å². The van der Waals surface area contributed by atoms with Gasteiger partial charge >= 0.3 is 5.97 Å². The van der Waals surface area contributed by atoms with Gasteiger partial charge in [-0.25, -0.2) is 9.78 Å². The number of pyridine rings is 1. The van der Waals surface area contributed by atoms with Gasteiger partial charge in [-0.1, -0.05) is 0 Å². The van der Waals surface area contributed by atoms with Gasteiger partial charge in [-0.05, 0) is 39.7 Å². The highest BCUT2D eigenvalue weighted by Crippen LogP contribution is 2.26. The average Bonchev–Trinajstić information content (AvgIpc) is 2.71. The van der Waals surface area contributed by atoms with Crippen molar-refractivity contribution in [3.05, 3.63) is 22.3 Å². The van der Waals surface area contributed by atoms with Gasteiger partial charge in [-0.15, -0.1) is 0 Å². The Morgan fingerprint density at radius 2 is 2.33 bits per heavy atom. The van der Waals surface area contributed by atoms with Crippen LogP contribution in [0.2, 0.25) is 0 Å². The molecular formula is C11H11BrN2O3S. The molecule has 1 fully saturated rings. The molecule has 0 aliphatic carbocycles. The number of carboxylic acid groups (broad SMARTS) is 1. The number of thiol groups is 1. The molecule has 0 saturated carbocycles. The zero-order chi connectivity index (χ0) is 13.3. The second kappa shape index (κ2) is 5.27. The summed E-state index contributed by atoms with van der Waals surface area (Å²) in [6.07, 6.45) is 0.434. The van der Waals surface area contributed by atoms with Gasteiger partial charge in [0.2, 0.25) is 5.91 Å². The van der Waals surface area contributed by atoms with E-state index in [9.17, 15) is 9.59 Å². The predicted molar refractivity (Wildman–Crippen MR) is 73.2 cm³/mol. The third kappa shape index (κ3) is 2.51. The maximum absolute atomic E-state index is 11.8. The lowest BCUT2D eigenvalue weighted by Crippen LogP contribution is -2.26. The first-order chi connectivity index (χ1) is 8.52. The van der Waals surface area contributed by atoms with E-state index in [-0.39, 0.29) is 17.5 Å². The fraction of sp³-hybridized carbons (Fsp3) is 0.364. The highest BCUT2D eigenvalue weighted by molar-refractivity contribution is 9.10. The number of aromatic carboxylic acids is 1.